The highest BCUT2D eigenvalue weighted by atomic mass is 16.2. The number of amides is 2. The molecule has 0 bridgehead atoms. The lowest BCUT2D eigenvalue weighted by molar-refractivity contribution is 0.262. The van der Waals surface area contributed by atoms with Crippen LogP contribution in [0.4, 0.5) is 22.0 Å². The number of carbonyl (C=O) groups is 1. The monoisotopic (exact) mass is 344 g/mol. The minimum Gasteiger partial charge on any atom is -0.373 e. The third-order valence-electron chi connectivity index (χ3n) is 3.66. The molecule has 134 valence electrons. The maximum Gasteiger partial charge on any atom is 0.349 e. The standard InChI is InChI=1S/C17H24N6O2/c1-21(2)11-12-22(3)14-7-5-13(6-8-14)18-16(24)19-15-9-10-23(4)17(25)20-15/h5-10H,11-12H2,1-4H3,(H2,18,19,20,24,25). The lowest BCUT2D eigenvalue weighted by Gasteiger charge is -2.21. The molecule has 1 heterocycles. The van der Waals surface area contributed by atoms with Gasteiger partial charge in [0.05, 0.1) is 0 Å². The highest BCUT2D eigenvalue weighted by Gasteiger charge is 2.06. The molecule has 0 atom stereocenters. The molecule has 0 spiro atoms. The van der Waals surface area contributed by atoms with E-state index in [4.69, 9.17) is 0 Å². The van der Waals surface area contributed by atoms with Crippen molar-refractivity contribution < 1.29 is 4.79 Å². The number of anilines is 3. The molecule has 8 heteroatoms. The molecule has 8 nitrogen and oxygen atoms in total. The fraction of sp³-hybridized carbons (Fsp3) is 0.353. The number of benzene rings is 1. The number of carbonyl (C=O) groups excluding carboxylic acids is 1. The van der Waals surface area contributed by atoms with E-state index < -0.39 is 11.7 Å². The number of nitrogens with one attached hydrogen (secondary N) is 2. The molecule has 1 aromatic carbocycles. The number of likely N-dealkylation sites (N-methyl/N-ethyl adjacent to an activating group) is 2. The molecular weight excluding hydrogens is 320 g/mol. The van der Waals surface area contributed by atoms with Crippen molar-refractivity contribution in [2.75, 3.05) is 49.8 Å². The Labute approximate surface area is 147 Å². The molecule has 2 rings (SSSR count). The number of aromatic nitrogens is 2. The van der Waals surface area contributed by atoms with Crippen LogP contribution in [0.15, 0.2) is 41.3 Å². The van der Waals surface area contributed by atoms with Gasteiger partial charge in [0.1, 0.15) is 5.82 Å². The van der Waals surface area contributed by atoms with Gasteiger partial charge in [-0.05, 0) is 44.4 Å². The fourth-order valence-electron chi connectivity index (χ4n) is 2.09. The highest BCUT2D eigenvalue weighted by Crippen LogP contribution is 2.17. The van der Waals surface area contributed by atoms with Crippen LogP contribution in [0.3, 0.4) is 0 Å². The van der Waals surface area contributed by atoms with Crippen LogP contribution < -0.4 is 21.2 Å². The van der Waals surface area contributed by atoms with Crippen LogP contribution in [-0.2, 0) is 7.05 Å². The first-order valence-electron chi connectivity index (χ1n) is 7.93. The van der Waals surface area contributed by atoms with Crippen LogP contribution in [0, 0.1) is 0 Å². The molecule has 0 aliphatic heterocycles. The predicted molar refractivity (Wildman–Crippen MR) is 100 cm³/mol. The molecule has 0 saturated carbocycles. The van der Waals surface area contributed by atoms with Crippen molar-refractivity contribution in [2.45, 2.75) is 0 Å². The first kappa shape index (κ1) is 18.5. The molecule has 0 fully saturated rings. The van der Waals surface area contributed by atoms with Crippen molar-refractivity contribution in [2.24, 2.45) is 7.05 Å². The van der Waals surface area contributed by atoms with Crippen LogP contribution in [0.2, 0.25) is 0 Å². The highest BCUT2D eigenvalue weighted by molar-refractivity contribution is 5.99. The summed E-state index contributed by atoms with van der Waals surface area (Å²) in [5.74, 6) is 0.209. The molecule has 1 aromatic heterocycles. The molecule has 0 aliphatic carbocycles. The number of aryl methyl sites for hydroxylation is 1. The number of rotatable bonds is 6. The van der Waals surface area contributed by atoms with Crippen molar-refractivity contribution in [1.82, 2.24) is 14.5 Å². The van der Waals surface area contributed by atoms with Gasteiger partial charge in [-0.25, -0.2) is 9.59 Å². The molecule has 2 aromatic rings. The van der Waals surface area contributed by atoms with Crippen LogP contribution in [-0.4, -0.2) is 54.7 Å². The summed E-state index contributed by atoms with van der Waals surface area (Å²) in [5, 5.41) is 5.25. The fourth-order valence-corrected chi connectivity index (χ4v) is 2.09. The van der Waals surface area contributed by atoms with Gasteiger partial charge in [-0.2, -0.15) is 4.98 Å². The smallest absolute Gasteiger partial charge is 0.349 e. The average Bonchev–Trinajstić information content (AvgIpc) is 2.56. The molecule has 2 N–H and O–H groups in total. The Morgan fingerprint density at radius 3 is 2.36 bits per heavy atom. The van der Waals surface area contributed by atoms with E-state index in [0.717, 1.165) is 18.8 Å². The number of hydrogen-bond donors (Lipinski definition) is 2. The second kappa shape index (κ2) is 8.29. The molecule has 0 radical (unpaired) electrons. The molecule has 0 unspecified atom stereocenters. The van der Waals surface area contributed by atoms with Gasteiger partial charge in [0, 0.05) is 44.8 Å². The quantitative estimate of drug-likeness (QED) is 0.828. The maximum absolute atomic E-state index is 12.0. The van der Waals surface area contributed by atoms with E-state index in [0.29, 0.717) is 5.69 Å². The Hall–Kier alpha value is -2.87. The topological polar surface area (TPSA) is 82.5 Å². The first-order valence-corrected chi connectivity index (χ1v) is 7.93. The Morgan fingerprint density at radius 2 is 1.76 bits per heavy atom. The summed E-state index contributed by atoms with van der Waals surface area (Å²) in [4.78, 5) is 31.5. The Morgan fingerprint density at radius 1 is 1.08 bits per heavy atom. The average molecular weight is 344 g/mol. The van der Waals surface area contributed by atoms with E-state index in [9.17, 15) is 9.59 Å². The largest absolute Gasteiger partial charge is 0.373 e. The third kappa shape index (κ3) is 5.61. The van der Waals surface area contributed by atoms with Gasteiger partial charge in [0.2, 0.25) is 0 Å². The summed E-state index contributed by atoms with van der Waals surface area (Å²) in [6, 6.07) is 8.67. The third-order valence-corrected chi connectivity index (χ3v) is 3.66. The normalized spacial score (nSPS) is 10.6. The number of hydrogen-bond acceptors (Lipinski definition) is 5. The SMILES string of the molecule is CN(C)CCN(C)c1ccc(NC(=O)Nc2ccn(C)c(=O)n2)cc1. The second-order valence-electron chi connectivity index (χ2n) is 6.06. The lowest BCUT2D eigenvalue weighted by Crippen LogP contribution is -2.28. The summed E-state index contributed by atoms with van der Waals surface area (Å²) in [5.41, 5.74) is 1.30. The van der Waals surface area contributed by atoms with Crippen molar-refractivity contribution in [3.8, 4) is 0 Å². The Bertz CT molecular complexity index is 769. The van der Waals surface area contributed by atoms with Crippen LogP contribution in [0.5, 0.6) is 0 Å². The second-order valence-corrected chi connectivity index (χ2v) is 6.06. The van der Waals surface area contributed by atoms with E-state index in [2.05, 4.69) is 25.4 Å². The summed E-state index contributed by atoms with van der Waals surface area (Å²) in [7, 11) is 7.70. The van der Waals surface area contributed by atoms with Crippen molar-refractivity contribution in [3.63, 3.8) is 0 Å². The minimum atomic E-state index is -0.450. The van der Waals surface area contributed by atoms with Crippen molar-refractivity contribution in [3.05, 3.63) is 47.0 Å². The van der Waals surface area contributed by atoms with E-state index in [1.165, 1.54) is 4.57 Å². The van der Waals surface area contributed by atoms with Gasteiger partial charge >= 0.3 is 11.7 Å². The number of nitrogens with zero attached hydrogens (tertiary/aromatic N) is 4. The maximum atomic E-state index is 12.0. The molecule has 0 aliphatic rings. The van der Waals surface area contributed by atoms with Crippen LogP contribution in [0.1, 0.15) is 0 Å². The van der Waals surface area contributed by atoms with Crippen LogP contribution in [0.25, 0.3) is 0 Å². The predicted octanol–water partition coefficient (Wildman–Crippen LogP) is 1.42. The van der Waals surface area contributed by atoms with Gasteiger partial charge in [-0.15, -0.1) is 0 Å². The Balaban J connectivity index is 1.92. The minimum absolute atomic E-state index is 0.209. The van der Waals surface area contributed by atoms with Crippen LogP contribution >= 0.6 is 0 Å². The zero-order valence-corrected chi connectivity index (χ0v) is 15.0. The molecule has 25 heavy (non-hydrogen) atoms. The zero-order chi connectivity index (χ0) is 18.4. The Kier molecular flexibility index (Phi) is 6.13. The van der Waals surface area contributed by atoms with Gasteiger partial charge < -0.3 is 19.7 Å². The van der Waals surface area contributed by atoms with Gasteiger partial charge in [-0.3, -0.25) is 5.32 Å². The molecule has 2 amide bonds. The summed E-state index contributed by atoms with van der Waals surface area (Å²) < 4.78 is 1.33. The molecule has 0 saturated heterocycles. The summed E-state index contributed by atoms with van der Waals surface area (Å²) in [6.45, 7) is 1.87. The number of urea groups is 1. The zero-order valence-electron chi connectivity index (χ0n) is 15.0. The van der Waals surface area contributed by atoms with Gasteiger partial charge in [-0.1, -0.05) is 0 Å². The van der Waals surface area contributed by atoms with E-state index in [-0.39, 0.29) is 5.82 Å². The lowest BCUT2D eigenvalue weighted by atomic mass is 10.2. The van der Waals surface area contributed by atoms with Crippen molar-refractivity contribution in [1.29, 1.82) is 0 Å². The molecular formula is C17H24N6O2. The van der Waals surface area contributed by atoms with Crippen molar-refractivity contribution >= 4 is 23.2 Å². The van der Waals surface area contributed by atoms with E-state index in [1.54, 1.807) is 19.3 Å². The summed E-state index contributed by atoms with van der Waals surface area (Å²) >= 11 is 0. The summed E-state index contributed by atoms with van der Waals surface area (Å²) in [6.07, 6.45) is 1.54. The van der Waals surface area contributed by atoms with Gasteiger partial charge in [0.25, 0.3) is 0 Å². The van der Waals surface area contributed by atoms with Gasteiger partial charge in [0.15, 0.2) is 0 Å². The van der Waals surface area contributed by atoms with E-state index in [1.807, 2.05) is 45.4 Å². The van der Waals surface area contributed by atoms with E-state index >= 15 is 0 Å². The first-order chi connectivity index (χ1) is 11.8.